The molecule has 0 unspecified atom stereocenters. The van der Waals surface area contributed by atoms with Crippen LogP contribution in [0.5, 0.6) is 0 Å². The number of aryl methyl sites for hydroxylation is 1. The fourth-order valence-electron chi connectivity index (χ4n) is 2.11. The molecule has 0 bridgehead atoms. The summed E-state index contributed by atoms with van der Waals surface area (Å²) in [7, 11) is 0. The van der Waals surface area contributed by atoms with E-state index >= 15 is 0 Å². The molecule has 0 saturated carbocycles. The molecule has 2 amide bonds. The summed E-state index contributed by atoms with van der Waals surface area (Å²) in [6.45, 7) is 3.90. The topological polar surface area (TPSA) is 70.6 Å². The minimum atomic E-state index is -0.366. The van der Waals surface area contributed by atoms with Crippen molar-refractivity contribution in [2.24, 2.45) is 5.10 Å². The molecule has 25 heavy (non-hydrogen) atoms. The van der Waals surface area contributed by atoms with Crippen LogP contribution >= 0.6 is 0 Å². The second-order valence-corrected chi connectivity index (χ2v) is 5.64. The second kappa shape index (κ2) is 8.73. The molecule has 0 heterocycles. The zero-order valence-electron chi connectivity index (χ0n) is 14.2. The molecule has 0 radical (unpaired) electrons. The summed E-state index contributed by atoms with van der Waals surface area (Å²) >= 11 is 0. The lowest BCUT2D eigenvalue weighted by molar-refractivity contribution is -0.124. The molecule has 2 aromatic rings. The largest absolute Gasteiger partial charge is 0.326 e. The van der Waals surface area contributed by atoms with E-state index in [0.717, 1.165) is 16.8 Å². The molecule has 0 fully saturated rings. The number of hydrogen-bond donors (Lipinski definition) is 2. The number of hydrazone groups is 1. The summed E-state index contributed by atoms with van der Waals surface area (Å²) < 4.78 is 12.8. The van der Waals surface area contributed by atoms with Crippen LogP contribution in [0.4, 0.5) is 10.1 Å². The molecule has 0 aromatic heterocycles. The van der Waals surface area contributed by atoms with Crippen LogP contribution in [0.3, 0.4) is 0 Å². The maximum Gasteiger partial charge on any atom is 0.240 e. The highest BCUT2D eigenvalue weighted by atomic mass is 19.1. The van der Waals surface area contributed by atoms with E-state index in [1.807, 2.05) is 32.0 Å². The maximum absolute atomic E-state index is 12.8. The molecule has 0 atom stereocenters. The number of carbonyl (C=O) groups is 2. The minimum absolute atomic E-state index is 0.0253. The number of nitrogens with zero attached hydrogens (tertiary/aromatic N) is 1. The van der Waals surface area contributed by atoms with Crippen LogP contribution in [0.1, 0.15) is 29.5 Å². The van der Waals surface area contributed by atoms with Crippen molar-refractivity contribution in [2.45, 2.75) is 26.7 Å². The van der Waals surface area contributed by atoms with Crippen molar-refractivity contribution in [3.8, 4) is 0 Å². The van der Waals surface area contributed by atoms with Gasteiger partial charge in [-0.3, -0.25) is 9.59 Å². The number of carbonyl (C=O) groups excluding carboxylic acids is 2. The van der Waals surface area contributed by atoms with Crippen molar-refractivity contribution < 1.29 is 14.0 Å². The Morgan fingerprint density at radius 3 is 2.44 bits per heavy atom. The van der Waals surface area contributed by atoms with Gasteiger partial charge in [-0.05, 0) is 48.7 Å². The number of halogens is 1. The maximum atomic E-state index is 12.8. The smallest absolute Gasteiger partial charge is 0.240 e. The van der Waals surface area contributed by atoms with Gasteiger partial charge in [0.1, 0.15) is 5.82 Å². The van der Waals surface area contributed by atoms with E-state index in [2.05, 4.69) is 15.8 Å². The van der Waals surface area contributed by atoms with Crippen LogP contribution in [0.2, 0.25) is 0 Å². The lowest BCUT2D eigenvalue weighted by Crippen LogP contribution is -2.21. The Morgan fingerprint density at radius 1 is 1.04 bits per heavy atom. The van der Waals surface area contributed by atoms with E-state index in [9.17, 15) is 14.0 Å². The third kappa shape index (κ3) is 5.84. The summed E-state index contributed by atoms with van der Waals surface area (Å²) in [5.74, 6) is -0.933. The Bertz CT molecular complexity index is 786. The van der Waals surface area contributed by atoms with E-state index in [1.165, 1.54) is 18.3 Å². The normalized spacial score (nSPS) is 10.7. The van der Waals surface area contributed by atoms with E-state index in [1.54, 1.807) is 12.1 Å². The van der Waals surface area contributed by atoms with Crippen molar-refractivity contribution in [1.82, 2.24) is 5.43 Å². The molecule has 2 N–H and O–H groups in total. The molecule has 0 spiro atoms. The highest BCUT2D eigenvalue weighted by Crippen LogP contribution is 2.18. The zero-order chi connectivity index (χ0) is 18.2. The predicted octanol–water partition coefficient (Wildman–Crippen LogP) is 3.31. The Hall–Kier alpha value is -3.02. The van der Waals surface area contributed by atoms with Gasteiger partial charge in [0.2, 0.25) is 11.8 Å². The Morgan fingerprint density at radius 2 is 1.72 bits per heavy atom. The van der Waals surface area contributed by atoms with Crippen LogP contribution in [-0.2, 0) is 9.59 Å². The summed E-state index contributed by atoms with van der Waals surface area (Å²) in [6, 6.07) is 11.4. The zero-order valence-corrected chi connectivity index (χ0v) is 14.2. The number of rotatable bonds is 6. The lowest BCUT2D eigenvalue weighted by Gasteiger charge is -2.10. The van der Waals surface area contributed by atoms with E-state index in [-0.39, 0.29) is 30.5 Å². The molecule has 5 nitrogen and oxygen atoms in total. The first kappa shape index (κ1) is 18.3. The molecule has 0 saturated heterocycles. The minimum Gasteiger partial charge on any atom is -0.326 e. The Balaban J connectivity index is 1.76. The van der Waals surface area contributed by atoms with Crippen LogP contribution in [0.15, 0.2) is 47.6 Å². The average molecular weight is 341 g/mol. The van der Waals surface area contributed by atoms with Gasteiger partial charge in [0, 0.05) is 18.5 Å². The van der Waals surface area contributed by atoms with Gasteiger partial charge in [0.15, 0.2) is 0 Å². The molecule has 2 rings (SSSR count). The van der Waals surface area contributed by atoms with Crippen molar-refractivity contribution in [3.63, 3.8) is 0 Å². The molecule has 0 aliphatic rings. The number of benzene rings is 2. The first-order valence-electron chi connectivity index (χ1n) is 7.89. The summed E-state index contributed by atoms with van der Waals surface area (Å²) in [4.78, 5) is 23.6. The molecule has 0 aliphatic heterocycles. The van der Waals surface area contributed by atoms with Crippen LogP contribution in [0.25, 0.3) is 0 Å². The number of nitrogens with one attached hydrogen (secondary N) is 2. The third-order valence-corrected chi connectivity index (χ3v) is 3.73. The van der Waals surface area contributed by atoms with Crippen molar-refractivity contribution >= 4 is 23.7 Å². The second-order valence-electron chi connectivity index (χ2n) is 5.64. The highest BCUT2D eigenvalue weighted by molar-refractivity contribution is 5.94. The third-order valence-electron chi connectivity index (χ3n) is 3.73. The first-order valence-corrected chi connectivity index (χ1v) is 7.89. The molecule has 0 aliphatic carbocycles. The average Bonchev–Trinajstić information content (AvgIpc) is 2.59. The SMILES string of the molecule is Cc1cccc(NC(=O)CCC(=O)NN=Cc2ccc(F)cc2)c1C. The quantitative estimate of drug-likeness (QED) is 0.625. The van der Waals surface area contributed by atoms with Crippen molar-refractivity contribution in [2.75, 3.05) is 5.32 Å². The van der Waals surface area contributed by atoms with E-state index in [0.29, 0.717) is 5.56 Å². The molecule has 6 heteroatoms. The van der Waals surface area contributed by atoms with Gasteiger partial charge in [0.25, 0.3) is 0 Å². The van der Waals surface area contributed by atoms with Crippen molar-refractivity contribution in [3.05, 3.63) is 65.0 Å². The summed E-state index contributed by atoms with van der Waals surface area (Å²) in [5, 5.41) is 6.58. The van der Waals surface area contributed by atoms with Gasteiger partial charge in [-0.15, -0.1) is 0 Å². The summed E-state index contributed by atoms with van der Waals surface area (Å²) in [5.41, 5.74) is 5.85. The molecular weight excluding hydrogens is 321 g/mol. The Kier molecular flexibility index (Phi) is 6.39. The highest BCUT2D eigenvalue weighted by Gasteiger charge is 2.08. The monoisotopic (exact) mass is 341 g/mol. The van der Waals surface area contributed by atoms with E-state index in [4.69, 9.17) is 0 Å². The molecular formula is C19H20FN3O2. The standard InChI is InChI=1S/C19H20FN3O2/c1-13-4-3-5-17(14(13)2)22-18(24)10-11-19(25)23-21-12-15-6-8-16(20)9-7-15/h3-9,12H,10-11H2,1-2H3,(H,22,24)(H,23,25). The lowest BCUT2D eigenvalue weighted by atomic mass is 10.1. The molecule has 2 aromatic carbocycles. The predicted molar refractivity (Wildman–Crippen MR) is 95.9 cm³/mol. The number of hydrogen-bond acceptors (Lipinski definition) is 3. The van der Waals surface area contributed by atoms with Crippen LogP contribution < -0.4 is 10.7 Å². The number of amides is 2. The Labute approximate surface area is 145 Å². The van der Waals surface area contributed by atoms with Gasteiger partial charge in [-0.25, -0.2) is 9.82 Å². The van der Waals surface area contributed by atoms with Crippen LogP contribution in [-0.4, -0.2) is 18.0 Å². The fraction of sp³-hybridized carbons (Fsp3) is 0.211. The summed E-state index contributed by atoms with van der Waals surface area (Å²) in [6.07, 6.45) is 1.50. The first-order chi connectivity index (χ1) is 12.0. The van der Waals surface area contributed by atoms with Gasteiger partial charge in [0.05, 0.1) is 6.21 Å². The molecule has 130 valence electrons. The van der Waals surface area contributed by atoms with Gasteiger partial charge < -0.3 is 5.32 Å². The van der Waals surface area contributed by atoms with Gasteiger partial charge >= 0.3 is 0 Å². The van der Waals surface area contributed by atoms with Crippen molar-refractivity contribution in [1.29, 1.82) is 0 Å². The van der Waals surface area contributed by atoms with Gasteiger partial charge in [-0.2, -0.15) is 5.10 Å². The van der Waals surface area contributed by atoms with Crippen LogP contribution in [0, 0.1) is 19.7 Å². The number of anilines is 1. The fourth-order valence-corrected chi connectivity index (χ4v) is 2.11. The van der Waals surface area contributed by atoms with Gasteiger partial charge in [-0.1, -0.05) is 24.3 Å². The van der Waals surface area contributed by atoms with E-state index < -0.39 is 0 Å².